The fourth-order valence-corrected chi connectivity index (χ4v) is 2.19. The molecule has 2 aromatic rings. The second kappa shape index (κ2) is 6.91. The monoisotopic (exact) mass is 378 g/mol. The van der Waals surface area contributed by atoms with Crippen molar-refractivity contribution >= 4 is 28.7 Å². The summed E-state index contributed by atoms with van der Waals surface area (Å²) in [7, 11) is 0. The lowest BCUT2D eigenvalue weighted by Crippen LogP contribution is -2.20. The summed E-state index contributed by atoms with van der Waals surface area (Å²) in [5.41, 5.74) is -1.71. The standard InChI is InChI=1S/C16H12F6N2S/c1-9-2-4-12(5-3-9)23-14(25)24-13-7-10(15(17,18)19)6-11(8-13)16(20,21)22/h2-8H,1H3,(H2,23,24,25). The first-order chi connectivity index (χ1) is 11.4. The molecule has 2 aromatic carbocycles. The van der Waals surface area contributed by atoms with Gasteiger partial charge >= 0.3 is 12.4 Å². The van der Waals surface area contributed by atoms with Crippen molar-refractivity contribution in [2.45, 2.75) is 19.3 Å². The topological polar surface area (TPSA) is 24.1 Å². The predicted octanol–water partition coefficient (Wildman–Crippen LogP) is 5.84. The van der Waals surface area contributed by atoms with Crippen LogP contribution < -0.4 is 10.6 Å². The van der Waals surface area contributed by atoms with Gasteiger partial charge in [0.1, 0.15) is 0 Å². The highest BCUT2D eigenvalue weighted by atomic mass is 32.1. The van der Waals surface area contributed by atoms with E-state index in [2.05, 4.69) is 10.6 Å². The summed E-state index contributed by atoms with van der Waals surface area (Å²) in [5.74, 6) is 0. The fourth-order valence-electron chi connectivity index (χ4n) is 1.96. The van der Waals surface area contributed by atoms with Crippen LogP contribution in [0.4, 0.5) is 37.7 Å². The molecule has 2 rings (SSSR count). The molecule has 0 bridgehead atoms. The Kier molecular flexibility index (Phi) is 5.26. The van der Waals surface area contributed by atoms with E-state index in [9.17, 15) is 26.3 Å². The van der Waals surface area contributed by atoms with Crippen LogP contribution in [0.1, 0.15) is 16.7 Å². The molecule has 0 aliphatic rings. The molecule has 0 radical (unpaired) electrons. The Balaban J connectivity index is 2.25. The maximum Gasteiger partial charge on any atom is 0.416 e. The summed E-state index contributed by atoms with van der Waals surface area (Å²) in [6, 6.07) is 8.10. The van der Waals surface area contributed by atoms with Gasteiger partial charge in [0.25, 0.3) is 0 Å². The van der Waals surface area contributed by atoms with Crippen molar-refractivity contribution in [1.29, 1.82) is 0 Å². The molecule has 0 fully saturated rings. The quantitative estimate of drug-likeness (QED) is 0.507. The van der Waals surface area contributed by atoms with Crippen LogP contribution in [0.5, 0.6) is 0 Å². The van der Waals surface area contributed by atoms with E-state index in [1.54, 1.807) is 24.3 Å². The molecule has 0 spiro atoms. The van der Waals surface area contributed by atoms with Gasteiger partial charge in [0.05, 0.1) is 11.1 Å². The molecule has 0 atom stereocenters. The van der Waals surface area contributed by atoms with Gasteiger partial charge in [-0.25, -0.2) is 0 Å². The van der Waals surface area contributed by atoms with Crippen molar-refractivity contribution in [1.82, 2.24) is 0 Å². The Bertz CT molecular complexity index is 733. The molecule has 0 aromatic heterocycles. The molecule has 25 heavy (non-hydrogen) atoms. The molecule has 0 saturated heterocycles. The van der Waals surface area contributed by atoms with E-state index in [1.165, 1.54) is 0 Å². The SMILES string of the molecule is Cc1ccc(NC(=S)Nc2cc(C(F)(F)F)cc(C(F)(F)F)c2)cc1. The van der Waals surface area contributed by atoms with E-state index >= 15 is 0 Å². The van der Waals surface area contributed by atoms with Crippen LogP contribution in [-0.4, -0.2) is 5.11 Å². The van der Waals surface area contributed by atoms with Gasteiger partial charge in [0, 0.05) is 11.4 Å². The first-order valence-corrected chi connectivity index (χ1v) is 7.30. The summed E-state index contributed by atoms with van der Waals surface area (Å²) in [6.07, 6.45) is -9.83. The van der Waals surface area contributed by atoms with Gasteiger partial charge in [-0.2, -0.15) is 26.3 Å². The highest BCUT2D eigenvalue weighted by molar-refractivity contribution is 7.80. The average molecular weight is 378 g/mol. The molecule has 0 heterocycles. The number of benzene rings is 2. The third-order valence-corrected chi connectivity index (χ3v) is 3.36. The lowest BCUT2D eigenvalue weighted by Gasteiger charge is -2.16. The van der Waals surface area contributed by atoms with E-state index in [1.807, 2.05) is 6.92 Å². The van der Waals surface area contributed by atoms with Gasteiger partial charge in [-0.3, -0.25) is 0 Å². The zero-order chi connectivity index (χ0) is 18.8. The summed E-state index contributed by atoms with van der Waals surface area (Å²) in [4.78, 5) is 0. The Morgan fingerprint density at radius 3 is 1.64 bits per heavy atom. The van der Waals surface area contributed by atoms with Gasteiger partial charge in [0.15, 0.2) is 5.11 Å². The number of aryl methyl sites for hydroxylation is 1. The smallest absolute Gasteiger partial charge is 0.332 e. The second-order valence-corrected chi connectivity index (χ2v) is 5.65. The summed E-state index contributed by atoms with van der Waals surface area (Å²) in [6.45, 7) is 1.86. The Hall–Kier alpha value is -2.29. The van der Waals surface area contributed by atoms with Crippen LogP contribution in [0.2, 0.25) is 0 Å². The highest BCUT2D eigenvalue weighted by Crippen LogP contribution is 2.37. The molecular weight excluding hydrogens is 366 g/mol. The van der Waals surface area contributed by atoms with E-state index in [0.29, 0.717) is 17.8 Å². The average Bonchev–Trinajstić information content (AvgIpc) is 2.47. The van der Waals surface area contributed by atoms with E-state index < -0.39 is 29.2 Å². The summed E-state index contributed by atoms with van der Waals surface area (Å²) >= 11 is 4.94. The number of hydrogen-bond acceptors (Lipinski definition) is 1. The first-order valence-electron chi connectivity index (χ1n) is 6.89. The number of alkyl halides is 6. The van der Waals surface area contributed by atoms with Gasteiger partial charge in [-0.1, -0.05) is 17.7 Å². The van der Waals surface area contributed by atoms with Crippen LogP contribution in [0, 0.1) is 6.92 Å². The highest BCUT2D eigenvalue weighted by Gasteiger charge is 2.37. The number of hydrogen-bond donors (Lipinski definition) is 2. The zero-order valence-electron chi connectivity index (χ0n) is 12.7. The zero-order valence-corrected chi connectivity index (χ0v) is 13.5. The maximum atomic E-state index is 12.8. The van der Waals surface area contributed by atoms with Crippen molar-refractivity contribution in [2.75, 3.05) is 10.6 Å². The normalized spacial score (nSPS) is 12.0. The van der Waals surface area contributed by atoms with Crippen LogP contribution in [0.3, 0.4) is 0 Å². The molecule has 0 saturated carbocycles. The van der Waals surface area contributed by atoms with E-state index in [4.69, 9.17) is 12.2 Å². The lowest BCUT2D eigenvalue weighted by molar-refractivity contribution is -0.143. The molecule has 2 N–H and O–H groups in total. The first kappa shape index (κ1) is 19.0. The number of thiocarbonyl (C=S) groups is 1. The lowest BCUT2D eigenvalue weighted by atomic mass is 10.1. The van der Waals surface area contributed by atoms with Crippen LogP contribution in [-0.2, 0) is 12.4 Å². The van der Waals surface area contributed by atoms with Crippen LogP contribution in [0.25, 0.3) is 0 Å². The minimum Gasteiger partial charge on any atom is -0.332 e. The van der Waals surface area contributed by atoms with Gasteiger partial charge in [-0.05, 0) is 49.5 Å². The van der Waals surface area contributed by atoms with Gasteiger partial charge in [0.2, 0.25) is 0 Å². The third-order valence-electron chi connectivity index (χ3n) is 3.15. The molecule has 0 aliphatic carbocycles. The number of nitrogens with one attached hydrogen (secondary N) is 2. The second-order valence-electron chi connectivity index (χ2n) is 5.24. The molecule has 0 unspecified atom stereocenters. The predicted molar refractivity (Wildman–Crippen MR) is 87.5 cm³/mol. The van der Waals surface area contributed by atoms with Crippen molar-refractivity contribution in [3.63, 3.8) is 0 Å². The summed E-state index contributed by atoms with van der Waals surface area (Å²) < 4.78 is 76.9. The number of halogens is 6. The Morgan fingerprint density at radius 1 is 0.760 bits per heavy atom. The van der Waals surface area contributed by atoms with E-state index in [-0.39, 0.29) is 11.2 Å². The minimum absolute atomic E-state index is 0.0572. The largest absolute Gasteiger partial charge is 0.416 e. The minimum atomic E-state index is -4.91. The molecule has 9 heteroatoms. The molecule has 2 nitrogen and oxygen atoms in total. The Labute approximate surface area is 144 Å². The summed E-state index contributed by atoms with van der Waals surface area (Å²) in [5, 5.41) is 4.91. The van der Waals surface area contributed by atoms with Crippen LogP contribution >= 0.6 is 12.2 Å². The molecule has 0 amide bonds. The number of rotatable bonds is 2. The van der Waals surface area contributed by atoms with Gasteiger partial charge < -0.3 is 10.6 Å². The number of anilines is 2. The fraction of sp³-hybridized carbons (Fsp3) is 0.188. The van der Waals surface area contributed by atoms with Crippen LogP contribution in [0.15, 0.2) is 42.5 Å². The van der Waals surface area contributed by atoms with E-state index in [0.717, 1.165) is 5.56 Å². The molecular formula is C16H12F6N2S. The maximum absolute atomic E-state index is 12.8. The Morgan fingerprint density at radius 2 is 1.20 bits per heavy atom. The van der Waals surface area contributed by atoms with Gasteiger partial charge in [-0.15, -0.1) is 0 Å². The molecule has 134 valence electrons. The van der Waals surface area contributed by atoms with Crippen molar-refractivity contribution < 1.29 is 26.3 Å². The third kappa shape index (κ3) is 5.35. The van der Waals surface area contributed by atoms with Crippen molar-refractivity contribution in [3.05, 3.63) is 59.2 Å². The van der Waals surface area contributed by atoms with Crippen molar-refractivity contribution in [3.8, 4) is 0 Å². The molecule has 0 aliphatic heterocycles. The van der Waals surface area contributed by atoms with Crippen molar-refractivity contribution in [2.24, 2.45) is 0 Å².